The molecule has 1 unspecified atom stereocenters. The fraction of sp³-hybridized carbons (Fsp3) is 0.364. The van der Waals surface area contributed by atoms with Crippen molar-refractivity contribution in [3.05, 3.63) is 46.3 Å². The molecule has 96 valence electrons. The highest BCUT2D eigenvalue weighted by molar-refractivity contribution is 5.73. The Morgan fingerprint density at radius 3 is 2.72 bits per heavy atom. The van der Waals surface area contributed by atoms with Crippen LogP contribution in [0.15, 0.2) is 35.4 Å². The normalized spacial score (nSPS) is 13.4. The number of aliphatic carboxylic acids is 1. The summed E-state index contributed by atoms with van der Waals surface area (Å²) in [7, 11) is 0. The number of ether oxygens (including phenoxy) is 1. The minimum absolute atomic E-state index is 0.0194. The van der Waals surface area contributed by atoms with E-state index in [0.29, 0.717) is 0 Å². The Labute approximate surface area is 103 Å². The fourth-order valence-electron chi connectivity index (χ4n) is 1.30. The first-order valence-electron chi connectivity index (χ1n) is 5.18. The van der Waals surface area contributed by atoms with Crippen molar-refractivity contribution in [2.24, 2.45) is 5.11 Å². The molecule has 0 spiro atoms. The molecule has 0 aliphatic carbocycles. The Bertz CT molecular complexity index is 434. The number of halogens is 1. The molecule has 2 atom stereocenters. The molecular weight excluding hydrogens is 241 g/mol. The van der Waals surface area contributed by atoms with Gasteiger partial charge in [0.15, 0.2) is 6.10 Å². The summed E-state index contributed by atoms with van der Waals surface area (Å²) in [5, 5.41) is 11.8. The van der Waals surface area contributed by atoms with Crippen LogP contribution in [0.3, 0.4) is 0 Å². The summed E-state index contributed by atoms with van der Waals surface area (Å²) < 4.78 is 18.4. The quantitative estimate of drug-likeness (QED) is 0.458. The lowest BCUT2D eigenvalue weighted by Gasteiger charge is -2.16. The van der Waals surface area contributed by atoms with Crippen LogP contribution in [-0.2, 0) is 16.1 Å². The zero-order chi connectivity index (χ0) is 13.4. The van der Waals surface area contributed by atoms with Crippen molar-refractivity contribution >= 4 is 5.97 Å². The molecular formula is C11H12FN3O3. The van der Waals surface area contributed by atoms with Crippen LogP contribution in [0.25, 0.3) is 10.4 Å². The third-order valence-corrected chi connectivity index (χ3v) is 2.16. The average Bonchev–Trinajstić information content (AvgIpc) is 2.37. The molecule has 18 heavy (non-hydrogen) atoms. The number of rotatable bonds is 7. The van der Waals surface area contributed by atoms with Crippen LogP contribution in [0.2, 0.25) is 0 Å². The van der Waals surface area contributed by atoms with E-state index in [-0.39, 0.29) is 6.61 Å². The Hall–Kier alpha value is -2.11. The second kappa shape index (κ2) is 7.26. The predicted octanol–water partition coefficient (Wildman–Crippen LogP) is 2.30. The molecule has 1 aromatic rings. The van der Waals surface area contributed by atoms with Gasteiger partial charge in [0, 0.05) is 4.91 Å². The highest BCUT2D eigenvalue weighted by Crippen LogP contribution is 2.10. The van der Waals surface area contributed by atoms with E-state index in [2.05, 4.69) is 10.0 Å². The lowest BCUT2D eigenvalue weighted by atomic mass is 10.2. The van der Waals surface area contributed by atoms with Gasteiger partial charge >= 0.3 is 5.97 Å². The van der Waals surface area contributed by atoms with Crippen LogP contribution in [0.1, 0.15) is 5.56 Å². The number of alkyl halides is 1. The molecule has 0 aliphatic heterocycles. The zero-order valence-corrected chi connectivity index (χ0v) is 9.44. The van der Waals surface area contributed by atoms with E-state index < -0.39 is 24.8 Å². The van der Waals surface area contributed by atoms with Crippen molar-refractivity contribution < 1.29 is 19.0 Å². The first-order chi connectivity index (χ1) is 8.65. The lowest BCUT2D eigenvalue weighted by Crippen LogP contribution is -2.35. The van der Waals surface area contributed by atoms with Crippen molar-refractivity contribution in [2.75, 3.05) is 6.54 Å². The second-order valence-corrected chi connectivity index (χ2v) is 3.48. The molecule has 1 aromatic carbocycles. The monoisotopic (exact) mass is 253 g/mol. The van der Waals surface area contributed by atoms with Gasteiger partial charge in [-0.1, -0.05) is 35.4 Å². The van der Waals surface area contributed by atoms with Crippen LogP contribution in [0, 0.1) is 0 Å². The Balaban J connectivity index is 2.58. The number of azide groups is 1. The predicted molar refractivity (Wildman–Crippen MR) is 61.6 cm³/mol. The highest BCUT2D eigenvalue weighted by atomic mass is 19.1. The zero-order valence-electron chi connectivity index (χ0n) is 9.44. The summed E-state index contributed by atoms with van der Waals surface area (Å²) in [6.07, 6.45) is -3.52. The molecule has 7 heteroatoms. The van der Waals surface area contributed by atoms with Crippen molar-refractivity contribution in [3.63, 3.8) is 0 Å². The van der Waals surface area contributed by atoms with E-state index in [9.17, 15) is 9.18 Å². The number of hydrogen-bond acceptors (Lipinski definition) is 3. The maximum atomic E-state index is 13.4. The molecule has 0 aliphatic rings. The van der Waals surface area contributed by atoms with Gasteiger partial charge in [-0.25, -0.2) is 9.18 Å². The van der Waals surface area contributed by atoms with Gasteiger partial charge in [-0.3, -0.25) is 0 Å². The highest BCUT2D eigenvalue weighted by Gasteiger charge is 2.28. The molecule has 6 nitrogen and oxygen atoms in total. The Morgan fingerprint density at radius 2 is 2.17 bits per heavy atom. The van der Waals surface area contributed by atoms with Crippen molar-refractivity contribution in [1.82, 2.24) is 0 Å². The maximum Gasteiger partial charge on any atom is 0.335 e. The van der Waals surface area contributed by atoms with E-state index in [4.69, 9.17) is 15.4 Å². The summed E-state index contributed by atoms with van der Waals surface area (Å²) in [5.41, 5.74) is 8.78. The van der Waals surface area contributed by atoms with Gasteiger partial charge in [-0.15, -0.1) is 0 Å². The third kappa shape index (κ3) is 4.40. The van der Waals surface area contributed by atoms with Gasteiger partial charge in [-0.05, 0) is 11.1 Å². The maximum absolute atomic E-state index is 13.4. The second-order valence-electron chi connectivity index (χ2n) is 3.48. The fourth-order valence-corrected chi connectivity index (χ4v) is 1.30. The Kier molecular flexibility index (Phi) is 5.63. The topological polar surface area (TPSA) is 95.3 Å². The van der Waals surface area contributed by atoms with E-state index in [1.54, 1.807) is 30.3 Å². The summed E-state index contributed by atoms with van der Waals surface area (Å²) in [4.78, 5) is 13.2. The van der Waals surface area contributed by atoms with E-state index >= 15 is 0 Å². The summed E-state index contributed by atoms with van der Waals surface area (Å²) in [5.74, 6) is -1.42. The smallest absolute Gasteiger partial charge is 0.335 e. The summed E-state index contributed by atoms with van der Waals surface area (Å²) in [6.45, 7) is -0.587. The van der Waals surface area contributed by atoms with Crippen molar-refractivity contribution in [3.8, 4) is 0 Å². The van der Waals surface area contributed by atoms with Crippen LogP contribution in [0.5, 0.6) is 0 Å². The van der Waals surface area contributed by atoms with Gasteiger partial charge in [0.1, 0.15) is 6.17 Å². The van der Waals surface area contributed by atoms with E-state index in [1.807, 2.05) is 0 Å². The Morgan fingerprint density at radius 1 is 1.50 bits per heavy atom. The first-order valence-corrected chi connectivity index (χ1v) is 5.18. The van der Waals surface area contributed by atoms with E-state index in [1.165, 1.54) is 0 Å². The number of carboxylic acids is 1. The number of carbonyl (C=O) groups is 1. The number of carboxylic acid groups (broad SMARTS) is 1. The molecule has 1 N–H and O–H groups in total. The SMILES string of the molecule is [N-]=[N+]=NCC(F)[C@@H](OCc1ccccc1)C(=O)O. The first kappa shape index (κ1) is 14.0. The standard InChI is InChI=1S/C11H12FN3O3/c12-9(6-14-15-13)10(11(16)17)18-7-8-4-2-1-3-5-8/h1-5,9-10H,6-7H2,(H,16,17)/t9?,10-/m1/s1. The molecule has 0 amide bonds. The van der Waals surface area contributed by atoms with Crippen LogP contribution < -0.4 is 0 Å². The molecule has 0 saturated heterocycles. The van der Waals surface area contributed by atoms with Crippen LogP contribution >= 0.6 is 0 Å². The largest absolute Gasteiger partial charge is 0.479 e. The number of nitrogens with zero attached hydrogens (tertiary/aromatic N) is 3. The molecule has 1 rings (SSSR count). The minimum atomic E-state index is -1.87. The van der Waals surface area contributed by atoms with Crippen molar-refractivity contribution in [1.29, 1.82) is 0 Å². The molecule has 0 heterocycles. The third-order valence-electron chi connectivity index (χ3n) is 2.16. The van der Waals surface area contributed by atoms with Gasteiger partial charge in [0.2, 0.25) is 0 Å². The van der Waals surface area contributed by atoms with Crippen molar-refractivity contribution in [2.45, 2.75) is 18.9 Å². The van der Waals surface area contributed by atoms with Crippen LogP contribution in [0.4, 0.5) is 4.39 Å². The number of hydrogen-bond donors (Lipinski definition) is 1. The lowest BCUT2D eigenvalue weighted by molar-refractivity contribution is -0.155. The number of benzene rings is 1. The van der Waals surface area contributed by atoms with Gasteiger partial charge in [0.05, 0.1) is 13.2 Å². The minimum Gasteiger partial charge on any atom is -0.479 e. The van der Waals surface area contributed by atoms with Gasteiger partial charge < -0.3 is 9.84 Å². The summed E-state index contributed by atoms with van der Waals surface area (Å²) >= 11 is 0. The molecule has 0 radical (unpaired) electrons. The summed E-state index contributed by atoms with van der Waals surface area (Å²) in [6, 6.07) is 8.81. The van der Waals surface area contributed by atoms with Gasteiger partial charge in [-0.2, -0.15) is 0 Å². The molecule has 0 fully saturated rings. The molecule has 0 aromatic heterocycles. The van der Waals surface area contributed by atoms with Crippen LogP contribution in [-0.4, -0.2) is 29.9 Å². The average molecular weight is 253 g/mol. The van der Waals surface area contributed by atoms with Gasteiger partial charge in [0.25, 0.3) is 0 Å². The molecule has 0 saturated carbocycles. The molecule has 0 bridgehead atoms. The van der Waals surface area contributed by atoms with E-state index in [0.717, 1.165) is 5.56 Å².